The molecule has 17 heavy (non-hydrogen) atoms. The van der Waals surface area contributed by atoms with Gasteiger partial charge >= 0.3 is 0 Å². The van der Waals surface area contributed by atoms with Crippen LogP contribution < -0.4 is 4.74 Å². The molecule has 0 bridgehead atoms. The van der Waals surface area contributed by atoms with E-state index in [0.717, 1.165) is 16.9 Å². The number of ether oxygens (including phenoxy) is 1. The van der Waals surface area contributed by atoms with Crippen LogP contribution >= 0.6 is 10.7 Å². The minimum absolute atomic E-state index is 0.0571. The van der Waals surface area contributed by atoms with E-state index in [0.29, 0.717) is 13.0 Å². The van der Waals surface area contributed by atoms with Crippen molar-refractivity contribution in [3.8, 4) is 5.75 Å². The zero-order valence-electron chi connectivity index (χ0n) is 10.3. The van der Waals surface area contributed by atoms with Gasteiger partial charge in [0.25, 0.3) is 0 Å². The number of hydrogen-bond acceptors (Lipinski definition) is 3. The lowest BCUT2D eigenvalue weighted by atomic mass is 10.1. The molecule has 0 spiro atoms. The summed E-state index contributed by atoms with van der Waals surface area (Å²) in [5, 5.41) is 0. The van der Waals surface area contributed by atoms with Gasteiger partial charge in [-0.15, -0.1) is 0 Å². The van der Waals surface area contributed by atoms with Crippen molar-refractivity contribution in [2.75, 3.05) is 12.4 Å². The largest absolute Gasteiger partial charge is 0.493 e. The SMILES string of the molecule is Cc1cc(C)c(C)c(OCCCS(=O)(=O)Cl)c1. The average molecular weight is 277 g/mol. The normalized spacial score (nSPS) is 11.5. The van der Waals surface area contributed by atoms with Crippen LogP contribution in [0.4, 0.5) is 0 Å². The standard InChI is InChI=1S/C12H17ClO3S/c1-9-7-10(2)11(3)12(8-9)16-5-4-6-17(13,14)15/h7-8H,4-6H2,1-3H3. The van der Waals surface area contributed by atoms with Gasteiger partial charge < -0.3 is 4.74 Å². The molecule has 0 aliphatic heterocycles. The lowest BCUT2D eigenvalue weighted by Gasteiger charge is -2.11. The lowest BCUT2D eigenvalue weighted by Crippen LogP contribution is -2.06. The van der Waals surface area contributed by atoms with Crippen molar-refractivity contribution in [1.82, 2.24) is 0 Å². The zero-order chi connectivity index (χ0) is 13.1. The maximum absolute atomic E-state index is 10.7. The molecule has 1 aromatic rings. The van der Waals surface area contributed by atoms with Crippen molar-refractivity contribution in [2.45, 2.75) is 27.2 Å². The number of rotatable bonds is 5. The summed E-state index contributed by atoms with van der Waals surface area (Å²) in [6.45, 7) is 6.37. The second kappa shape index (κ2) is 5.74. The summed E-state index contributed by atoms with van der Waals surface area (Å²) in [5.41, 5.74) is 3.39. The van der Waals surface area contributed by atoms with Gasteiger partial charge in [-0.25, -0.2) is 8.42 Å². The molecule has 0 saturated carbocycles. The fourth-order valence-electron chi connectivity index (χ4n) is 1.56. The molecule has 5 heteroatoms. The maximum atomic E-state index is 10.7. The van der Waals surface area contributed by atoms with E-state index >= 15 is 0 Å². The van der Waals surface area contributed by atoms with E-state index in [1.54, 1.807) is 0 Å². The molecule has 3 nitrogen and oxygen atoms in total. The first-order valence-corrected chi connectivity index (χ1v) is 7.90. The Kier molecular flexibility index (Phi) is 4.83. The van der Waals surface area contributed by atoms with Gasteiger partial charge in [-0.3, -0.25) is 0 Å². The van der Waals surface area contributed by atoms with E-state index in [9.17, 15) is 8.42 Å². The Hall–Kier alpha value is -0.740. The average Bonchev–Trinajstić information content (AvgIpc) is 2.18. The summed E-state index contributed by atoms with van der Waals surface area (Å²) in [4.78, 5) is 0. The third-order valence-corrected chi connectivity index (χ3v) is 3.79. The molecule has 0 amide bonds. The van der Waals surface area contributed by atoms with Gasteiger partial charge in [-0.2, -0.15) is 0 Å². The molecular formula is C12H17ClO3S. The first kappa shape index (κ1) is 14.3. The Morgan fingerprint density at radius 3 is 2.47 bits per heavy atom. The van der Waals surface area contributed by atoms with Crippen LogP contribution in [0.25, 0.3) is 0 Å². The van der Waals surface area contributed by atoms with E-state index in [4.69, 9.17) is 15.4 Å². The van der Waals surface area contributed by atoms with Crippen LogP contribution in [0.1, 0.15) is 23.1 Å². The second-order valence-electron chi connectivity index (χ2n) is 4.15. The van der Waals surface area contributed by atoms with E-state index < -0.39 is 9.05 Å². The Morgan fingerprint density at radius 2 is 1.88 bits per heavy atom. The monoisotopic (exact) mass is 276 g/mol. The summed E-state index contributed by atoms with van der Waals surface area (Å²) >= 11 is 0. The van der Waals surface area contributed by atoms with Crippen molar-refractivity contribution >= 4 is 19.7 Å². The highest BCUT2D eigenvalue weighted by atomic mass is 35.7. The molecule has 0 aliphatic rings. The molecule has 96 valence electrons. The zero-order valence-corrected chi connectivity index (χ0v) is 11.9. The van der Waals surface area contributed by atoms with Gasteiger partial charge in [-0.05, 0) is 49.9 Å². The van der Waals surface area contributed by atoms with Crippen molar-refractivity contribution in [3.05, 3.63) is 28.8 Å². The minimum Gasteiger partial charge on any atom is -0.493 e. The van der Waals surface area contributed by atoms with Crippen molar-refractivity contribution in [2.24, 2.45) is 0 Å². The molecule has 0 N–H and O–H groups in total. The fourth-order valence-corrected chi connectivity index (χ4v) is 2.35. The molecule has 0 atom stereocenters. The van der Waals surface area contributed by atoms with Gasteiger partial charge in [0.1, 0.15) is 5.75 Å². The minimum atomic E-state index is -3.41. The molecule has 0 radical (unpaired) electrons. The van der Waals surface area contributed by atoms with Crippen LogP contribution in [0, 0.1) is 20.8 Å². The molecule has 0 unspecified atom stereocenters. The molecule has 0 heterocycles. The van der Waals surface area contributed by atoms with Crippen LogP contribution in [-0.4, -0.2) is 20.8 Å². The highest BCUT2D eigenvalue weighted by Crippen LogP contribution is 2.23. The third kappa shape index (κ3) is 4.96. The summed E-state index contributed by atoms with van der Waals surface area (Å²) in [6, 6.07) is 4.04. The molecular weight excluding hydrogens is 260 g/mol. The summed E-state index contributed by atoms with van der Waals surface area (Å²) in [6.07, 6.45) is 0.401. The smallest absolute Gasteiger partial charge is 0.232 e. The highest BCUT2D eigenvalue weighted by molar-refractivity contribution is 8.13. The van der Waals surface area contributed by atoms with Crippen molar-refractivity contribution in [1.29, 1.82) is 0 Å². The fraction of sp³-hybridized carbons (Fsp3) is 0.500. The Morgan fingerprint density at radius 1 is 1.24 bits per heavy atom. The summed E-state index contributed by atoms with van der Waals surface area (Å²) in [7, 11) is 1.70. The summed E-state index contributed by atoms with van der Waals surface area (Å²) < 4.78 is 27.0. The van der Waals surface area contributed by atoms with Crippen LogP contribution in [0.5, 0.6) is 5.75 Å². The van der Waals surface area contributed by atoms with E-state index in [1.165, 1.54) is 5.56 Å². The molecule has 0 saturated heterocycles. The second-order valence-corrected chi connectivity index (χ2v) is 7.05. The van der Waals surface area contributed by atoms with Crippen LogP contribution in [0.15, 0.2) is 12.1 Å². The Labute approximate surface area is 107 Å². The molecule has 1 rings (SSSR count). The van der Waals surface area contributed by atoms with E-state index in [2.05, 4.69) is 6.07 Å². The van der Waals surface area contributed by atoms with Gasteiger partial charge in [0.15, 0.2) is 0 Å². The number of aryl methyl sites for hydroxylation is 2. The third-order valence-electron chi connectivity index (χ3n) is 2.55. The number of hydrogen-bond donors (Lipinski definition) is 0. The highest BCUT2D eigenvalue weighted by Gasteiger charge is 2.07. The van der Waals surface area contributed by atoms with E-state index in [-0.39, 0.29) is 5.75 Å². The first-order chi connectivity index (χ1) is 7.79. The van der Waals surface area contributed by atoms with Crippen LogP contribution in [-0.2, 0) is 9.05 Å². The van der Waals surface area contributed by atoms with Crippen molar-refractivity contribution < 1.29 is 13.2 Å². The predicted molar refractivity (Wildman–Crippen MR) is 70.4 cm³/mol. The topological polar surface area (TPSA) is 43.4 Å². The Bertz CT molecular complexity index is 495. The van der Waals surface area contributed by atoms with Gasteiger partial charge in [0.05, 0.1) is 12.4 Å². The quantitative estimate of drug-likeness (QED) is 0.613. The first-order valence-electron chi connectivity index (χ1n) is 5.42. The number of halogens is 1. The van der Waals surface area contributed by atoms with Crippen LogP contribution in [0.2, 0.25) is 0 Å². The molecule has 0 aliphatic carbocycles. The lowest BCUT2D eigenvalue weighted by molar-refractivity contribution is 0.315. The Balaban J connectivity index is 2.58. The maximum Gasteiger partial charge on any atom is 0.232 e. The van der Waals surface area contributed by atoms with Crippen molar-refractivity contribution in [3.63, 3.8) is 0 Å². The van der Waals surface area contributed by atoms with E-state index in [1.807, 2.05) is 26.8 Å². The van der Waals surface area contributed by atoms with Crippen LogP contribution in [0.3, 0.4) is 0 Å². The molecule has 0 fully saturated rings. The van der Waals surface area contributed by atoms with Gasteiger partial charge in [0, 0.05) is 10.7 Å². The van der Waals surface area contributed by atoms with Gasteiger partial charge in [-0.1, -0.05) is 6.07 Å². The molecule has 0 aromatic heterocycles. The predicted octanol–water partition coefficient (Wildman–Crippen LogP) is 2.95. The molecule has 1 aromatic carbocycles. The van der Waals surface area contributed by atoms with Gasteiger partial charge in [0.2, 0.25) is 9.05 Å². The number of benzene rings is 1. The summed E-state index contributed by atoms with van der Waals surface area (Å²) in [5.74, 6) is 0.757.